The van der Waals surface area contributed by atoms with Crippen LogP contribution < -0.4 is 5.32 Å². The Labute approximate surface area is 116 Å². The molecular weight excluding hydrogens is 292 g/mol. The molecule has 2 fully saturated rings. The lowest BCUT2D eigenvalue weighted by molar-refractivity contribution is 0.336. The molecule has 3 atom stereocenters. The number of fused-ring (bicyclic) bond motifs is 1. The van der Waals surface area contributed by atoms with Crippen molar-refractivity contribution in [2.75, 3.05) is 13.1 Å². The van der Waals surface area contributed by atoms with Crippen molar-refractivity contribution >= 4 is 33.0 Å². The maximum Gasteiger partial charge on any atom is 0.253 e. The maximum absolute atomic E-state index is 12.7. The van der Waals surface area contributed by atoms with Gasteiger partial charge in [-0.05, 0) is 37.9 Å². The number of hydrogen-bond donors (Lipinski definition) is 1. The molecule has 2 saturated heterocycles. The molecule has 0 saturated carbocycles. The zero-order valence-electron chi connectivity index (χ0n) is 9.97. The number of nitrogens with zero attached hydrogens (tertiary/aromatic N) is 1. The number of hydrogen-bond acceptors (Lipinski definition) is 4. The second kappa shape index (κ2) is 4.45. The van der Waals surface area contributed by atoms with Gasteiger partial charge in [-0.25, -0.2) is 8.42 Å². The molecule has 0 radical (unpaired) electrons. The topological polar surface area (TPSA) is 49.4 Å². The van der Waals surface area contributed by atoms with Crippen LogP contribution in [0, 0.1) is 5.92 Å². The van der Waals surface area contributed by atoms with Gasteiger partial charge in [-0.1, -0.05) is 11.6 Å². The summed E-state index contributed by atoms with van der Waals surface area (Å²) < 4.78 is 27.9. The van der Waals surface area contributed by atoms with E-state index in [1.807, 2.05) is 6.92 Å². The molecule has 7 heteroatoms. The van der Waals surface area contributed by atoms with E-state index in [2.05, 4.69) is 5.32 Å². The van der Waals surface area contributed by atoms with Crippen molar-refractivity contribution in [3.63, 3.8) is 0 Å². The Morgan fingerprint density at radius 3 is 2.89 bits per heavy atom. The van der Waals surface area contributed by atoms with Gasteiger partial charge in [0.1, 0.15) is 4.21 Å². The third kappa shape index (κ3) is 1.91. The molecule has 0 amide bonds. The lowest BCUT2D eigenvalue weighted by atomic mass is 10.0. The molecule has 3 unspecified atom stereocenters. The number of sulfonamides is 1. The summed E-state index contributed by atoms with van der Waals surface area (Å²) in [4.78, 5) is 0. The molecule has 1 N–H and O–H groups in total. The molecule has 4 nitrogen and oxygen atoms in total. The average Bonchev–Trinajstić information content (AvgIpc) is 2.92. The van der Waals surface area contributed by atoms with Gasteiger partial charge < -0.3 is 5.32 Å². The average molecular weight is 307 g/mol. The third-order valence-electron chi connectivity index (χ3n) is 3.79. The smallest absolute Gasteiger partial charge is 0.253 e. The first kappa shape index (κ1) is 12.9. The molecule has 0 aliphatic carbocycles. The van der Waals surface area contributed by atoms with E-state index in [1.54, 1.807) is 16.4 Å². The van der Waals surface area contributed by atoms with Crippen LogP contribution in [0.15, 0.2) is 16.3 Å². The van der Waals surface area contributed by atoms with Crippen LogP contribution in [-0.4, -0.2) is 37.9 Å². The van der Waals surface area contributed by atoms with Gasteiger partial charge in [0.15, 0.2) is 0 Å². The maximum atomic E-state index is 12.7. The first-order valence-electron chi connectivity index (χ1n) is 6.00. The van der Waals surface area contributed by atoms with Crippen molar-refractivity contribution in [2.24, 2.45) is 5.92 Å². The van der Waals surface area contributed by atoms with E-state index in [1.165, 1.54) is 0 Å². The Bertz CT molecular complexity index is 557. The van der Waals surface area contributed by atoms with Crippen LogP contribution >= 0.6 is 22.9 Å². The van der Waals surface area contributed by atoms with E-state index in [4.69, 9.17) is 11.6 Å². The monoisotopic (exact) mass is 306 g/mol. The van der Waals surface area contributed by atoms with Gasteiger partial charge in [-0.2, -0.15) is 4.31 Å². The van der Waals surface area contributed by atoms with Crippen LogP contribution in [0.3, 0.4) is 0 Å². The van der Waals surface area contributed by atoms with Gasteiger partial charge in [0.25, 0.3) is 10.0 Å². The van der Waals surface area contributed by atoms with Crippen LogP contribution in [0.1, 0.15) is 13.3 Å². The zero-order valence-corrected chi connectivity index (χ0v) is 12.4. The molecule has 3 rings (SSSR count). The molecule has 0 bridgehead atoms. The quantitative estimate of drug-likeness (QED) is 0.906. The van der Waals surface area contributed by atoms with Crippen molar-refractivity contribution in [3.05, 3.63) is 16.5 Å². The Kier molecular flexibility index (Phi) is 3.18. The minimum atomic E-state index is -3.39. The first-order chi connectivity index (χ1) is 8.50. The van der Waals surface area contributed by atoms with Crippen molar-refractivity contribution in [1.82, 2.24) is 9.62 Å². The van der Waals surface area contributed by atoms with E-state index >= 15 is 0 Å². The summed E-state index contributed by atoms with van der Waals surface area (Å²) >= 11 is 6.98. The number of rotatable bonds is 2. The molecule has 2 aliphatic heterocycles. The molecule has 0 aromatic carbocycles. The summed E-state index contributed by atoms with van der Waals surface area (Å²) in [5.74, 6) is 0.449. The van der Waals surface area contributed by atoms with Crippen LogP contribution in [0.5, 0.6) is 0 Å². The van der Waals surface area contributed by atoms with Crippen LogP contribution in [0.25, 0.3) is 0 Å². The highest BCUT2D eigenvalue weighted by Crippen LogP contribution is 2.38. The Hall–Kier alpha value is -0.140. The highest BCUT2D eigenvalue weighted by Gasteiger charge is 2.48. The largest absolute Gasteiger partial charge is 0.315 e. The van der Waals surface area contributed by atoms with E-state index < -0.39 is 10.0 Å². The van der Waals surface area contributed by atoms with E-state index in [-0.39, 0.29) is 12.1 Å². The van der Waals surface area contributed by atoms with Gasteiger partial charge in [0.2, 0.25) is 0 Å². The second-order valence-electron chi connectivity index (χ2n) is 4.96. The van der Waals surface area contributed by atoms with Crippen LogP contribution in [-0.2, 0) is 10.0 Å². The number of thiophene rings is 1. The summed E-state index contributed by atoms with van der Waals surface area (Å²) in [6.07, 6.45) is 0.940. The standard InChI is InChI=1S/C11H15ClN2O2S2/c1-7-4-8-5-13-6-9(8)14(7)18(15,16)11-3-2-10(12)17-11/h2-3,7-9,13H,4-6H2,1H3. The van der Waals surface area contributed by atoms with Crippen molar-refractivity contribution in [2.45, 2.75) is 29.6 Å². The molecule has 100 valence electrons. The number of halogens is 1. The fourth-order valence-electron chi connectivity index (χ4n) is 3.08. The second-order valence-corrected chi connectivity index (χ2v) is 8.75. The minimum absolute atomic E-state index is 0.0768. The van der Waals surface area contributed by atoms with Crippen molar-refractivity contribution < 1.29 is 8.42 Å². The van der Waals surface area contributed by atoms with Crippen LogP contribution in [0.2, 0.25) is 4.34 Å². The number of nitrogens with one attached hydrogen (secondary N) is 1. The highest BCUT2D eigenvalue weighted by molar-refractivity contribution is 7.91. The van der Waals surface area contributed by atoms with Crippen LogP contribution in [0.4, 0.5) is 0 Å². The van der Waals surface area contributed by atoms with Gasteiger partial charge in [-0.3, -0.25) is 0 Å². The lowest BCUT2D eigenvalue weighted by Gasteiger charge is -2.25. The van der Waals surface area contributed by atoms with Crippen molar-refractivity contribution in [1.29, 1.82) is 0 Å². The lowest BCUT2D eigenvalue weighted by Crippen LogP contribution is -2.42. The van der Waals surface area contributed by atoms with E-state index in [9.17, 15) is 8.42 Å². The Morgan fingerprint density at radius 2 is 2.22 bits per heavy atom. The third-order valence-corrected chi connectivity index (χ3v) is 7.53. The van der Waals surface area contributed by atoms with Crippen molar-refractivity contribution in [3.8, 4) is 0 Å². The molecule has 0 spiro atoms. The normalized spacial score (nSPS) is 32.9. The molecule has 2 aliphatic rings. The molecule has 1 aromatic heterocycles. The zero-order chi connectivity index (χ0) is 12.9. The first-order valence-corrected chi connectivity index (χ1v) is 8.63. The van der Waals surface area contributed by atoms with Gasteiger partial charge in [-0.15, -0.1) is 11.3 Å². The fraction of sp³-hybridized carbons (Fsp3) is 0.636. The predicted molar refractivity (Wildman–Crippen MR) is 72.6 cm³/mol. The van der Waals surface area contributed by atoms with E-state index in [0.29, 0.717) is 14.5 Å². The minimum Gasteiger partial charge on any atom is -0.315 e. The summed E-state index contributed by atoms with van der Waals surface area (Å²) in [6.45, 7) is 3.67. The SMILES string of the molecule is CC1CC2CNCC2N1S(=O)(=O)c1ccc(Cl)s1. The highest BCUT2D eigenvalue weighted by atomic mass is 35.5. The molecule has 3 heterocycles. The molecule has 1 aromatic rings. The Balaban J connectivity index is 1.98. The summed E-state index contributed by atoms with van der Waals surface area (Å²) in [7, 11) is -3.39. The van der Waals surface area contributed by atoms with E-state index in [0.717, 1.165) is 30.8 Å². The van der Waals surface area contributed by atoms with Gasteiger partial charge in [0.05, 0.1) is 4.34 Å². The summed E-state index contributed by atoms with van der Waals surface area (Å²) in [5.41, 5.74) is 0. The predicted octanol–water partition coefficient (Wildman–Crippen LogP) is 1.77. The van der Waals surface area contributed by atoms with Gasteiger partial charge >= 0.3 is 0 Å². The fourth-order valence-corrected chi connectivity index (χ4v) is 6.56. The summed E-state index contributed by atoms with van der Waals surface area (Å²) in [6, 6.07) is 3.42. The molecular formula is C11H15ClN2O2S2. The van der Waals surface area contributed by atoms with Gasteiger partial charge in [0, 0.05) is 18.6 Å². The Morgan fingerprint density at radius 1 is 1.44 bits per heavy atom. The molecule has 18 heavy (non-hydrogen) atoms. The summed E-state index contributed by atoms with van der Waals surface area (Å²) in [5, 5.41) is 3.27.